The number of fused-ring (bicyclic) bond motifs is 2. The number of rotatable bonds is 6. The summed E-state index contributed by atoms with van der Waals surface area (Å²) in [4.78, 5) is 27.7. The second kappa shape index (κ2) is 10.4. The summed E-state index contributed by atoms with van der Waals surface area (Å²) in [5, 5.41) is 13.5. The highest BCUT2D eigenvalue weighted by Gasteiger charge is 2.36. The zero-order valence-electron chi connectivity index (χ0n) is 23.3. The molecule has 0 fully saturated rings. The second-order valence-electron chi connectivity index (χ2n) is 11.4. The molecule has 0 spiro atoms. The summed E-state index contributed by atoms with van der Waals surface area (Å²) in [5.74, 6) is -0.191. The fraction of sp³-hybridized carbons (Fsp3) is 0.375. The van der Waals surface area contributed by atoms with Crippen LogP contribution in [-0.2, 0) is 29.0 Å². The van der Waals surface area contributed by atoms with Crippen molar-refractivity contribution in [3.63, 3.8) is 0 Å². The molecule has 204 valence electrons. The van der Waals surface area contributed by atoms with E-state index in [2.05, 4.69) is 11.4 Å². The van der Waals surface area contributed by atoms with E-state index in [1.54, 1.807) is 4.90 Å². The number of urea groups is 1. The van der Waals surface area contributed by atoms with Crippen LogP contribution in [0, 0.1) is 13.8 Å². The number of carbonyl (C=O) groups excluding carboxylic acids is 1. The van der Waals surface area contributed by atoms with Crippen LogP contribution in [0.4, 0.5) is 10.5 Å². The van der Waals surface area contributed by atoms with Crippen LogP contribution in [0.3, 0.4) is 0 Å². The summed E-state index contributed by atoms with van der Waals surface area (Å²) >= 11 is 0. The number of hydrogen-bond donors (Lipinski definition) is 2. The van der Waals surface area contributed by atoms with Crippen molar-refractivity contribution in [2.75, 3.05) is 11.9 Å². The SMILES string of the molecule is Cc1c2c(c(C)c(C(OC(C)(C)C)C(=O)O)c1-c1ccc3c(c1)CCCO3)NC(=O)N(Cc1ccccc1)C2. The van der Waals surface area contributed by atoms with Crippen molar-refractivity contribution in [2.45, 2.75) is 72.3 Å². The first-order chi connectivity index (χ1) is 18.5. The summed E-state index contributed by atoms with van der Waals surface area (Å²) in [6.07, 6.45) is 0.635. The van der Waals surface area contributed by atoms with Gasteiger partial charge in [0.1, 0.15) is 5.75 Å². The Labute approximate surface area is 229 Å². The summed E-state index contributed by atoms with van der Waals surface area (Å²) < 4.78 is 12.0. The van der Waals surface area contributed by atoms with E-state index in [9.17, 15) is 14.7 Å². The van der Waals surface area contributed by atoms with Crippen LogP contribution in [0.25, 0.3) is 11.1 Å². The van der Waals surface area contributed by atoms with Gasteiger partial charge in [-0.15, -0.1) is 0 Å². The first kappa shape index (κ1) is 26.8. The fourth-order valence-electron chi connectivity index (χ4n) is 5.64. The largest absolute Gasteiger partial charge is 0.493 e. The number of amides is 2. The Morgan fingerprint density at radius 1 is 1.13 bits per heavy atom. The normalized spacial score (nSPS) is 15.6. The Morgan fingerprint density at radius 3 is 2.56 bits per heavy atom. The smallest absolute Gasteiger partial charge is 0.337 e. The Kier molecular flexibility index (Phi) is 7.12. The van der Waals surface area contributed by atoms with Gasteiger partial charge in [-0.1, -0.05) is 36.4 Å². The lowest BCUT2D eigenvalue weighted by Crippen LogP contribution is -2.39. The molecule has 0 aromatic heterocycles. The van der Waals surface area contributed by atoms with Crippen molar-refractivity contribution in [1.82, 2.24) is 4.90 Å². The molecule has 2 aliphatic heterocycles. The van der Waals surface area contributed by atoms with Gasteiger partial charge < -0.3 is 24.8 Å². The second-order valence-corrected chi connectivity index (χ2v) is 11.4. The van der Waals surface area contributed by atoms with Crippen molar-refractivity contribution in [1.29, 1.82) is 0 Å². The summed E-state index contributed by atoms with van der Waals surface area (Å²) in [5.41, 5.74) is 7.09. The first-order valence-corrected chi connectivity index (χ1v) is 13.5. The van der Waals surface area contributed by atoms with Crippen LogP contribution in [0.5, 0.6) is 5.75 Å². The zero-order chi connectivity index (χ0) is 27.9. The number of nitrogens with one attached hydrogen (secondary N) is 1. The molecule has 3 aromatic carbocycles. The maximum absolute atomic E-state index is 13.2. The third-order valence-electron chi connectivity index (χ3n) is 7.42. The maximum Gasteiger partial charge on any atom is 0.337 e. The highest BCUT2D eigenvalue weighted by molar-refractivity contribution is 5.97. The number of carboxylic acid groups (broad SMARTS) is 1. The third-order valence-corrected chi connectivity index (χ3v) is 7.42. The van der Waals surface area contributed by atoms with Crippen molar-refractivity contribution < 1.29 is 24.2 Å². The van der Waals surface area contributed by atoms with Crippen LogP contribution in [-0.4, -0.2) is 34.2 Å². The minimum atomic E-state index is -1.21. The molecule has 0 saturated heterocycles. The molecule has 1 atom stereocenters. The Hall–Kier alpha value is -3.84. The van der Waals surface area contributed by atoms with Gasteiger partial charge in [0.15, 0.2) is 6.10 Å². The van der Waals surface area contributed by atoms with E-state index >= 15 is 0 Å². The highest BCUT2D eigenvalue weighted by atomic mass is 16.5. The monoisotopic (exact) mass is 528 g/mol. The topological polar surface area (TPSA) is 88.1 Å². The number of aryl methyl sites for hydroxylation is 1. The fourth-order valence-corrected chi connectivity index (χ4v) is 5.64. The molecule has 2 heterocycles. The average Bonchev–Trinajstić information content (AvgIpc) is 2.90. The van der Waals surface area contributed by atoms with Crippen LogP contribution in [0.1, 0.15) is 66.7 Å². The van der Waals surface area contributed by atoms with E-state index in [0.29, 0.717) is 36.5 Å². The highest BCUT2D eigenvalue weighted by Crippen LogP contribution is 2.45. The lowest BCUT2D eigenvalue weighted by Gasteiger charge is -2.35. The van der Waals surface area contributed by atoms with E-state index < -0.39 is 17.7 Å². The first-order valence-electron chi connectivity index (χ1n) is 13.5. The lowest BCUT2D eigenvalue weighted by atomic mass is 9.83. The Balaban J connectivity index is 1.69. The molecule has 0 aliphatic carbocycles. The molecule has 2 amide bonds. The van der Waals surface area contributed by atoms with Gasteiger partial charge in [-0.2, -0.15) is 0 Å². The molecule has 2 N–H and O–H groups in total. The van der Waals surface area contributed by atoms with Gasteiger partial charge in [-0.25, -0.2) is 9.59 Å². The van der Waals surface area contributed by atoms with Gasteiger partial charge in [-0.3, -0.25) is 0 Å². The molecular formula is C32H36N2O5. The van der Waals surface area contributed by atoms with Gasteiger partial charge in [0.25, 0.3) is 0 Å². The number of benzene rings is 3. The quantitative estimate of drug-likeness (QED) is 0.368. The van der Waals surface area contributed by atoms with Crippen molar-refractivity contribution in [3.05, 3.63) is 81.9 Å². The molecule has 1 unspecified atom stereocenters. The predicted octanol–water partition coefficient (Wildman–Crippen LogP) is 6.78. The van der Waals surface area contributed by atoms with Crippen molar-refractivity contribution in [3.8, 4) is 16.9 Å². The molecule has 2 aliphatic rings. The van der Waals surface area contributed by atoms with E-state index in [-0.39, 0.29) is 6.03 Å². The molecule has 0 radical (unpaired) electrons. The number of carboxylic acids is 1. The lowest BCUT2D eigenvalue weighted by molar-refractivity contribution is -0.160. The van der Waals surface area contributed by atoms with Gasteiger partial charge in [0, 0.05) is 12.1 Å². The molecule has 7 nitrogen and oxygen atoms in total. The van der Waals surface area contributed by atoms with Gasteiger partial charge in [-0.05, 0) is 98.5 Å². The summed E-state index contributed by atoms with van der Waals surface area (Å²) in [7, 11) is 0. The number of carbonyl (C=O) groups is 2. The Bertz CT molecular complexity index is 1420. The molecule has 0 saturated carbocycles. The molecule has 3 aromatic rings. The standard InChI is InChI=1S/C32H36N2O5/c1-19-24-18-34(17-21-10-7-6-8-11-21)31(37)33-28(24)20(2)27(29(30(35)36)39-32(3,4)5)26(19)23-13-14-25-22(16-23)12-9-15-38-25/h6-8,10-11,13-14,16,29H,9,12,15,17-18H2,1-5H3,(H,33,37)(H,35,36). The van der Waals surface area contributed by atoms with E-state index in [1.807, 2.05) is 77.1 Å². The maximum atomic E-state index is 13.2. The van der Waals surface area contributed by atoms with E-state index in [4.69, 9.17) is 9.47 Å². The van der Waals surface area contributed by atoms with Crippen LogP contribution < -0.4 is 10.1 Å². The number of hydrogen-bond acceptors (Lipinski definition) is 4. The number of aliphatic carboxylic acids is 1. The van der Waals surface area contributed by atoms with Gasteiger partial charge >= 0.3 is 12.0 Å². The van der Waals surface area contributed by atoms with Gasteiger partial charge in [0.05, 0.1) is 24.4 Å². The molecule has 5 rings (SSSR count). The summed E-state index contributed by atoms with van der Waals surface area (Å²) in [6, 6.07) is 15.8. The number of anilines is 1. The van der Waals surface area contributed by atoms with Gasteiger partial charge in [0.2, 0.25) is 0 Å². The van der Waals surface area contributed by atoms with E-state index in [0.717, 1.165) is 52.0 Å². The minimum absolute atomic E-state index is 0.206. The predicted molar refractivity (Wildman–Crippen MR) is 151 cm³/mol. The van der Waals surface area contributed by atoms with Crippen molar-refractivity contribution in [2.24, 2.45) is 0 Å². The average molecular weight is 529 g/mol. The minimum Gasteiger partial charge on any atom is -0.493 e. The number of nitrogens with zero attached hydrogens (tertiary/aromatic N) is 1. The van der Waals surface area contributed by atoms with Crippen molar-refractivity contribution >= 4 is 17.7 Å². The zero-order valence-corrected chi connectivity index (χ0v) is 23.3. The molecule has 39 heavy (non-hydrogen) atoms. The summed E-state index contributed by atoms with van der Waals surface area (Å²) in [6.45, 7) is 11.0. The molecule has 0 bridgehead atoms. The molecular weight excluding hydrogens is 492 g/mol. The number of ether oxygens (including phenoxy) is 2. The van der Waals surface area contributed by atoms with Crippen LogP contribution in [0.15, 0.2) is 48.5 Å². The Morgan fingerprint density at radius 2 is 1.87 bits per heavy atom. The third kappa shape index (κ3) is 5.36. The van der Waals surface area contributed by atoms with Crippen LogP contribution in [0.2, 0.25) is 0 Å². The van der Waals surface area contributed by atoms with E-state index in [1.165, 1.54) is 0 Å². The van der Waals surface area contributed by atoms with Crippen LogP contribution >= 0.6 is 0 Å². The molecule has 7 heteroatoms.